The summed E-state index contributed by atoms with van der Waals surface area (Å²) in [6.45, 7) is 6.86. The van der Waals surface area contributed by atoms with Crippen LogP contribution in [0.1, 0.15) is 63.2 Å². The summed E-state index contributed by atoms with van der Waals surface area (Å²) < 4.78 is 31.7. The van der Waals surface area contributed by atoms with E-state index in [0.717, 1.165) is 32.1 Å². The van der Waals surface area contributed by atoms with Crippen LogP contribution in [0.4, 0.5) is 0 Å². The lowest BCUT2D eigenvalue weighted by atomic mass is 9.69. The molecule has 1 fully saturated rings. The summed E-state index contributed by atoms with van der Waals surface area (Å²) in [5.74, 6) is 0.649. The molecule has 6 nitrogen and oxygen atoms in total. The quantitative estimate of drug-likeness (QED) is 0.740. The molecule has 0 atom stereocenters. The molecule has 1 saturated carbocycles. The summed E-state index contributed by atoms with van der Waals surface area (Å²) >= 11 is 0. The maximum atomic E-state index is 12.6. The van der Waals surface area contributed by atoms with E-state index in [2.05, 4.69) is 30.8 Å². The Morgan fingerprint density at radius 2 is 1.85 bits per heavy atom. The molecule has 0 radical (unpaired) electrons. The van der Waals surface area contributed by atoms with Gasteiger partial charge in [0.1, 0.15) is 10.6 Å². The Morgan fingerprint density at radius 3 is 2.37 bits per heavy atom. The van der Waals surface area contributed by atoms with E-state index in [0.29, 0.717) is 16.9 Å². The van der Waals surface area contributed by atoms with Crippen LogP contribution in [0.15, 0.2) is 23.1 Å². The average Bonchev–Trinajstić information content (AvgIpc) is 2.67. The van der Waals surface area contributed by atoms with Crippen LogP contribution in [0.3, 0.4) is 0 Å². The molecule has 0 unspecified atom stereocenters. The number of amides is 1. The fourth-order valence-corrected chi connectivity index (χ4v) is 4.63. The van der Waals surface area contributed by atoms with Crippen molar-refractivity contribution < 1.29 is 17.9 Å². The van der Waals surface area contributed by atoms with E-state index in [4.69, 9.17) is 4.74 Å². The summed E-state index contributed by atoms with van der Waals surface area (Å²) in [5.41, 5.74) is 0.655. The molecule has 1 aromatic rings. The smallest absolute Gasteiger partial charge is 0.251 e. The van der Waals surface area contributed by atoms with Crippen LogP contribution in [-0.4, -0.2) is 34.5 Å². The zero-order valence-electron chi connectivity index (χ0n) is 17.0. The number of hydrogen-bond acceptors (Lipinski definition) is 4. The van der Waals surface area contributed by atoms with Crippen molar-refractivity contribution in [2.75, 3.05) is 14.2 Å². The third-order valence-corrected chi connectivity index (χ3v) is 7.50. The van der Waals surface area contributed by atoms with Crippen molar-refractivity contribution in [1.29, 1.82) is 0 Å². The van der Waals surface area contributed by atoms with E-state index in [1.165, 1.54) is 26.3 Å². The molecule has 0 saturated heterocycles. The Morgan fingerprint density at radius 1 is 1.22 bits per heavy atom. The van der Waals surface area contributed by atoms with Gasteiger partial charge in [0, 0.05) is 11.6 Å². The molecule has 0 aliphatic heterocycles. The van der Waals surface area contributed by atoms with Gasteiger partial charge < -0.3 is 10.1 Å². The first-order chi connectivity index (χ1) is 12.6. The highest BCUT2D eigenvalue weighted by molar-refractivity contribution is 7.89. The molecular weight excluding hydrogens is 364 g/mol. The molecular formula is C20H32N2O4S. The SMILES string of the molecule is CCC(C)(C)C1CCC(NC(=O)c2ccc(OC)c(S(=O)(=O)NC)c2)CC1. The van der Waals surface area contributed by atoms with Gasteiger partial charge in [-0.1, -0.05) is 27.2 Å². The standard InChI is InChI=1S/C20H32N2O4S/c1-6-20(2,3)15-8-10-16(11-9-15)22-19(23)14-7-12-17(26-5)18(13-14)27(24,25)21-4/h7,12-13,15-16,21H,6,8-11H2,1-5H3,(H,22,23). The number of benzene rings is 1. The summed E-state index contributed by atoms with van der Waals surface area (Å²) in [7, 11) is -0.978. The van der Waals surface area contributed by atoms with Gasteiger partial charge in [-0.15, -0.1) is 0 Å². The molecule has 1 aliphatic rings. The first-order valence-electron chi connectivity index (χ1n) is 9.57. The van der Waals surface area contributed by atoms with E-state index in [9.17, 15) is 13.2 Å². The second kappa shape index (κ2) is 8.61. The lowest BCUT2D eigenvalue weighted by Gasteiger charge is -2.39. The summed E-state index contributed by atoms with van der Waals surface area (Å²) in [6, 6.07) is 4.60. The minimum Gasteiger partial charge on any atom is -0.495 e. The van der Waals surface area contributed by atoms with E-state index < -0.39 is 10.0 Å². The summed E-state index contributed by atoms with van der Waals surface area (Å²) in [6.07, 6.45) is 5.28. The fraction of sp³-hybridized carbons (Fsp3) is 0.650. The second-order valence-corrected chi connectivity index (χ2v) is 9.79. The van der Waals surface area contributed by atoms with Gasteiger partial charge >= 0.3 is 0 Å². The van der Waals surface area contributed by atoms with E-state index in [1.807, 2.05) is 0 Å². The van der Waals surface area contributed by atoms with Crippen LogP contribution in [0.25, 0.3) is 0 Å². The number of carbonyl (C=O) groups is 1. The van der Waals surface area contributed by atoms with Crippen molar-refractivity contribution in [3.05, 3.63) is 23.8 Å². The molecule has 7 heteroatoms. The maximum Gasteiger partial charge on any atom is 0.251 e. The van der Waals surface area contributed by atoms with Crippen molar-refractivity contribution >= 4 is 15.9 Å². The van der Waals surface area contributed by atoms with Gasteiger partial charge in [0.15, 0.2) is 0 Å². The van der Waals surface area contributed by atoms with Crippen molar-refractivity contribution in [2.24, 2.45) is 11.3 Å². The number of hydrogen-bond donors (Lipinski definition) is 2. The van der Waals surface area contributed by atoms with Gasteiger partial charge in [-0.2, -0.15) is 0 Å². The first kappa shape index (κ1) is 21.7. The second-order valence-electron chi connectivity index (χ2n) is 7.94. The molecule has 27 heavy (non-hydrogen) atoms. The van der Waals surface area contributed by atoms with Gasteiger partial charge in [-0.3, -0.25) is 4.79 Å². The monoisotopic (exact) mass is 396 g/mol. The zero-order chi connectivity index (χ0) is 20.2. The van der Waals surface area contributed by atoms with Gasteiger partial charge in [0.05, 0.1) is 7.11 Å². The molecule has 0 spiro atoms. The van der Waals surface area contributed by atoms with Crippen LogP contribution >= 0.6 is 0 Å². The third-order valence-electron chi connectivity index (χ3n) is 6.06. The molecule has 0 bridgehead atoms. The number of methoxy groups -OCH3 is 1. The van der Waals surface area contributed by atoms with E-state index in [-0.39, 0.29) is 22.6 Å². The van der Waals surface area contributed by atoms with Crippen molar-refractivity contribution in [2.45, 2.75) is 63.8 Å². The highest BCUT2D eigenvalue weighted by Gasteiger charge is 2.32. The minimum atomic E-state index is -3.71. The molecule has 1 aliphatic carbocycles. The van der Waals surface area contributed by atoms with E-state index >= 15 is 0 Å². The van der Waals surface area contributed by atoms with Crippen molar-refractivity contribution in [3.8, 4) is 5.75 Å². The number of carbonyl (C=O) groups excluding carboxylic acids is 1. The van der Waals surface area contributed by atoms with Crippen molar-refractivity contribution in [3.63, 3.8) is 0 Å². The first-order valence-corrected chi connectivity index (χ1v) is 11.1. The highest BCUT2D eigenvalue weighted by Crippen LogP contribution is 2.40. The average molecular weight is 397 g/mol. The zero-order valence-corrected chi connectivity index (χ0v) is 17.8. The van der Waals surface area contributed by atoms with Crippen LogP contribution in [0.2, 0.25) is 0 Å². The van der Waals surface area contributed by atoms with E-state index in [1.54, 1.807) is 6.07 Å². The molecule has 0 aromatic heterocycles. The lowest BCUT2D eigenvalue weighted by Crippen LogP contribution is -2.40. The molecule has 1 aromatic carbocycles. The van der Waals surface area contributed by atoms with Gasteiger partial charge in [0.2, 0.25) is 10.0 Å². The third kappa shape index (κ3) is 5.02. The predicted octanol–water partition coefficient (Wildman–Crippen LogP) is 3.33. The number of ether oxygens (including phenoxy) is 1. The molecule has 1 amide bonds. The largest absolute Gasteiger partial charge is 0.495 e. The number of sulfonamides is 1. The Hall–Kier alpha value is -1.60. The molecule has 2 rings (SSSR count). The van der Waals surface area contributed by atoms with Crippen LogP contribution in [0, 0.1) is 11.3 Å². The molecule has 2 N–H and O–H groups in total. The Labute approximate surface area is 163 Å². The molecule has 0 heterocycles. The van der Waals surface area contributed by atoms with Crippen LogP contribution in [-0.2, 0) is 10.0 Å². The Balaban J connectivity index is 2.08. The van der Waals surface area contributed by atoms with Crippen molar-refractivity contribution in [1.82, 2.24) is 10.0 Å². The van der Waals surface area contributed by atoms with Crippen LogP contribution < -0.4 is 14.8 Å². The fourth-order valence-electron chi connectivity index (χ4n) is 3.71. The number of nitrogens with one attached hydrogen (secondary N) is 2. The van der Waals surface area contributed by atoms with Gasteiger partial charge in [-0.05, 0) is 62.3 Å². The van der Waals surface area contributed by atoms with Gasteiger partial charge in [0.25, 0.3) is 5.91 Å². The minimum absolute atomic E-state index is 0.0337. The Kier molecular flexibility index (Phi) is 6.92. The predicted molar refractivity (Wildman–Crippen MR) is 107 cm³/mol. The van der Waals surface area contributed by atoms with Gasteiger partial charge in [-0.25, -0.2) is 13.1 Å². The topological polar surface area (TPSA) is 84.5 Å². The lowest BCUT2D eigenvalue weighted by molar-refractivity contribution is 0.0893. The Bertz CT molecular complexity index is 766. The maximum absolute atomic E-state index is 12.6. The highest BCUT2D eigenvalue weighted by atomic mass is 32.2. The molecule has 152 valence electrons. The number of rotatable bonds is 7. The van der Waals surface area contributed by atoms with Crippen LogP contribution in [0.5, 0.6) is 5.75 Å². The summed E-state index contributed by atoms with van der Waals surface area (Å²) in [5, 5.41) is 3.06. The normalized spacial score (nSPS) is 20.9. The summed E-state index contributed by atoms with van der Waals surface area (Å²) in [4.78, 5) is 12.6.